The Morgan fingerprint density at radius 2 is 2.04 bits per heavy atom. The number of carbonyl (C=O) groups excluding carboxylic acids is 1. The molecular weight excluding hydrogens is 294 g/mol. The third-order valence-corrected chi connectivity index (χ3v) is 3.42. The summed E-state index contributed by atoms with van der Waals surface area (Å²) >= 11 is 0. The van der Waals surface area contributed by atoms with Gasteiger partial charge in [-0.05, 0) is 36.2 Å². The molecule has 3 aromatic rings. The highest BCUT2D eigenvalue weighted by molar-refractivity contribution is 5.90. The Hall–Kier alpha value is -2.89. The second-order valence-corrected chi connectivity index (χ2v) is 5.09. The van der Waals surface area contributed by atoms with Gasteiger partial charge in [-0.25, -0.2) is 0 Å². The Balaban J connectivity index is 1.52. The average Bonchev–Trinajstić information content (AvgIpc) is 3.25. The van der Waals surface area contributed by atoms with E-state index in [1.807, 2.05) is 24.3 Å². The zero-order chi connectivity index (χ0) is 16.1. The van der Waals surface area contributed by atoms with Gasteiger partial charge in [-0.2, -0.15) is 4.98 Å². The van der Waals surface area contributed by atoms with Crippen molar-refractivity contribution >= 4 is 11.6 Å². The van der Waals surface area contributed by atoms with E-state index in [4.69, 9.17) is 8.94 Å². The number of aryl methyl sites for hydroxylation is 2. The van der Waals surface area contributed by atoms with E-state index >= 15 is 0 Å². The lowest BCUT2D eigenvalue weighted by molar-refractivity contribution is -0.116. The van der Waals surface area contributed by atoms with E-state index in [1.165, 1.54) is 5.56 Å². The molecular formula is C17H17N3O3. The molecule has 0 bridgehead atoms. The molecule has 6 nitrogen and oxygen atoms in total. The summed E-state index contributed by atoms with van der Waals surface area (Å²) in [7, 11) is 0. The van der Waals surface area contributed by atoms with Gasteiger partial charge in [-0.15, -0.1) is 0 Å². The topological polar surface area (TPSA) is 81.2 Å². The average molecular weight is 311 g/mol. The summed E-state index contributed by atoms with van der Waals surface area (Å²) in [6.07, 6.45) is 3.17. The molecule has 1 N–H and O–H groups in total. The largest absolute Gasteiger partial charge is 0.461 e. The highest BCUT2D eigenvalue weighted by Crippen LogP contribution is 2.16. The van der Waals surface area contributed by atoms with E-state index in [2.05, 4.69) is 22.4 Å². The van der Waals surface area contributed by atoms with Crippen molar-refractivity contribution in [1.82, 2.24) is 10.1 Å². The van der Waals surface area contributed by atoms with Gasteiger partial charge < -0.3 is 14.3 Å². The number of amides is 1. The molecule has 0 radical (unpaired) electrons. The minimum absolute atomic E-state index is 0.0907. The quantitative estimate of drug-likeness (QED) is 0.754. The van der Waals surface area contributed by atoms with Gasteiger partial charge in [-0.3, -0.25) is 4.79 Å². The molecule has 0 fully saturated rings. The summed E-state index contributed by atoms with van der Waals surface area (Å²) in [6.45, 7) is 2.09. The zero-order valence-corrected chi connectivity index (χ0v) is 12.8. The van der Waals surface area contributed by atoms with Gasteiger partial charge in [0.1, 0.15) is 0 Å². The van der Waals surface area contributed by atoms with Crippen molar-refractivity contribution in [2.24, 2.45) is 0 Å². The molecule has 23 heavy (non-hydrogen) atoms. The van der Waals surface area contributed by atoms with Crippen molar-refractivity contribution < 1.29 is 13.7 Å². The number of anilines is 1. The Morgan fingerprint density at radius 1 is 1.22 bits per heavy atom. The van der Waals surface area contributed by atoms with E-state index in [9.17, 15) is 4.79 Å². The van der Waals surface area contributed by atoms with Crippen LogP contribution in [0.25, 0.3) is 11.6 Å². The number of furan rings is 1. The van der Waals surface area contributed by atoms with E-state index < -0.39 is 0 Å². The second-order valence-electron chi connectivity index (χ2n) is 5.09. The first-order chi connectivity index (χ1) is 11.2. The maximum Gasteiger partial charge on any atom is 0.238 e. The molecule has 0 aliphatic rings. The summed E-state index contributed by atoms with van der Waals surface area (Å²) in [6, 6.07) is 11.3. The number of hydrogen-bond donors (Lipinski definition) is 1. The monoisotopic (exact) mass is 311 g/mol. The van der Waals surface area contributed by atoms with Crippen LogP contribution in [0.3, 0.4) is 0 Å². The van der Waals surface area contributed by atoms with Crippen molar-refractivity contribution in [1.29, 1.82) is 0 Å². The van der Waals surface area contributed by atoms with Crippen LogP contribution in [0.15, 0.2) is 51.6 Å². The molecule has 2 heterocycles. The molecule has 0 saturated heterocycles. The smallest absolute Gasteiger partial charge is 0.238 e. The van der Waals surface area contributed by atoms with Crippen molar-refractivity contribution in [3.63, 3.8) is 0 Å². The lowest BCUT2D eigenvalue weighted by Gasteiger charge is -2.05. The summed E-state index contributed by atoms with van der Waals surface area (Å²) in [5.74, 6) is 1.25. The third kappa shape index (κ3) is 3.85. The minimum atomic E-state index is -0.0907. The first-order valence-electron chi connectivity index (χ1n) is 7.50. The van der Waals surface area contributed by atoms with Crippen LogP contribution in [0.2, 0.25) is 0 Å². The molecule has 6 heteroatoms. The standard InChI is InChI=1S/C17H17N3O3/c1-2-12-5-7-13(8-6-12)18-15(21)9-10-16-19-17(20-23-16)14-4-3-11-22-14/h3-8,11H,2,9-10H2,1H3,(H,18,21). The molecule has 1 aromatic carbocycles. The maximum absolute atomic E-state index is 12.0. The van der Waals surface area contributed by atoms with Gasteiger partial charge >= 0.3 is 0 Å². The number of nitrogens with one attached hydrogen (secondary N) is 1. The number of benzene rings is 1. The van der Waals surface area contributed by atoms with E-state index in [0.717, 1.165) is 12.1 Å². The van der Waals surface area contributed by atoms with Crippen LogP contribution in [-0.2, 0) is 17.6 Å². The Labute approximate surface area is 133 Å². The van der Waals surface area contributed by atoms with Crippen LogP contribution in [0.4, 0.5) is 5.69 Å². The molecule has 1 amide bonds. The van der Waals surface area contributed by atoms with Crippen LogP contribution in [-0.4, -0.2) is 16.0 Å². The molecule has 0 unspecified atom stereocenters. The van der Waals surface area contributed by atoms with Crippen LogP contribution < -0.4 is 5.32 Å². The van der Waals surface area contributed by atoms with E-state index in [0.29, 0.717) is 23.9 Å². The number of hydrogen-bond acceptors (Lipinski definition) is 5. The Kier molecular flexibility index (Phi) is 4.52. The molecule has 3 rings (SSSR count). The van der Waals surface area contributed by atoms with E-state index in [1.54, 1.807) is 18.4 Å². The van der Waals surface area contributed by atoms with Crippen LogP contribution in [0.1, 0.15) is 24.8 Å². The second kappa shape index (κ2) is 6.91. The number of aromatic nitrogens is 2. The SMILES string of the molecule is CCc1ccc(NC(=O)CCc2nc(-c3ccco3)no2)cc1. The van der Waals surface area contributed by atoms with Crippen molar-refractivity contribution in [3.05, 3.63) is 54.1 Å². The highest BCUT2D eigenvalue weighted by atomic mass is 16.5. The fraction of sp³-hybridized carbons (Fsp3) is 0.235. The first kappa shape index (κ1) is 15.0. The zero-order valence-electron chi connectivity index (χ0n) is 12.8. The van der Waals surface area contributed by atoms with Gasteiger partial charge in [0.15, 0.2) is 5.76 Å². The molecule has 0 aliphatic heterocycles. The Morgan fingerprint density at radius 3 is 2.74 bits per heavy atom. The molecule has 0 aliphatic carbocycles. The fourth-order valence-electron chi connectivity index (χ4n) is 2.13. The highest BCUT2D eigenvalue weighted by Gasteiger charge is 2.12. The first-order valence-corrected chi connectivity index (χ1v) is 7.50. The number of nitrogens with zero attached hydrogens (tertiary/aromatic N) is 2. The molecule has 0 saturated carbocycles. The van der Waals surface area contributed by atoms with Crippen molar-refractivity contribution in [2.45, 2.75) is 26.2 Å². The van der Waals surface area contributed by atoms with Gasteiger partial charge in [0.25, 0.3) is 0 Å². The predicted molar refractivity (Wildman–Crippen MR) is 84.8 cm³/mol. The van der Waals surface area contributed by atoms with Crippen LogP contribution in [0.5, 0.6) is 0 Å². The Bertz CT molecular complexity index is 761. The summed E-state index contributed by atoms with van der Waals surface area (Å²) < 4.78 is 10.3. The summed E-state index contributed by atoms with van der Waals surface area (Å²) in [5, 5.41) is 6.68. The van der Waals surface area contributed by atoms with Gasteiger partial charge in [0.2, 0.25) is 17.6 Å². The number of carbonyl (C=O) groups is 1. The normalized spacial score (nSPS) is 10.7. The van der Waals surface area contributed by atoms with E-state index in [-0.39, 0.29) is 12.3 Å². The number of rotatable bonds is 6. The fourth-order valence-corrected chi connectivity index (χ4v) is 2.13. The summed E-state index contributed by atoms with van der Waals surface area (Å²) in [4.78, 5) is 16.2. The summed E-state index contributed by atoms with van der Waals surface area (Å²) in [5.41, 5.74) is 2.02. The lowest BCUT2D eigenvalue weighted by atomic mass is 10.1. The van der Waals surface area contributed by atoms with Crippen molar-refractivity contribution in [3.8, 4) is 11.6 Å². The van der Waals surface area contributed by atoms with Crippen molar-refractivity contribution in [2.75, 3.05) is 5.32 Å². The molecule has 0 atom stereocenters. The third-order valence-electron chi connectivity index (χ3n) is 3.42. The van der Waals surface area contributed by atoms with Crippen LogP contribution in [0, 0.1) is 0 Å². The van der Waals surface area contributed by atoms with Gasteiger partial charge in [0, 0.05) is 18.5 Å². The predicted octanol–water partition coefficient (Wildman–Crippen LogP) is 3.46. The lowest BCUT2D eigenvalue weighted by Crippen LogP contribution is -2.12. The molecule has 2 aromatic heterocycles. The molecule has 118 valence electrons. The van der Waals surface area contributed by atoms with Gasteiger partial charge in [0.05, 0.1) is 6.26 Å². The molecule has 0 spiro atoms. The van der Waals surface area contributed by atoms with Crippen LogP contribution >= 0.6 is 0 Å². The maximum atomic E-state index is 12.0. The minimum Gasteiger partial charge on any atom is -0.461 e. The van der Waals surface area contributed by atoms with Gasteiger partial charge in [-0.1, -0.05) is 24.2 Å².